The summed E-state index contributed by atoms with van der Waals surface area (Å²) in [7, 11) is 0. The van der Waals surface area contributed by atoms with Crippen molar-refractivity contribution in [3.8, 4) is 5.69 Å². The van der Waals surface area contributed by atoms with Crippen molar-refractivity contribution in [2.75, 3.05) is 0 Å². The van der Waals surface area contributed by atoms with Gasteiger partial charge in [0.1, 0.15) is 12.4 Å². The van der Waals surface area contributed by atoms with E-state index in [2.05, 4.69) is 23.4 Å². The summed E-state index contributed by atoms with van der Waals surface area (Å²) in [6.45, 7) is 8.19. The van der Waals surface area contributed by atoms with Gasteiger partial charge in [0.25, 0.3) is 11.8 Å². The molecule has 36 heavy (non-hydrogen) atoms. The molecule has 0 spiro atoms. The van der Waals surface area contributed by atoms with Gasteiger partial charge in [-0.1, -0.05) is 26.0 Å². The van der Waals surface area contributed by atoms with Crippen molar-refractivity contribution >= 4 is 28.5 Å². The molecular weight excluding hydrogens is 454 g/mol. The van der Waals surface area contributed by atoms with E-state index in [9.17, 15) is 9.59 Å². The second kappa shape index (κ2) is 8.08. The van der Waals surface area contributed by atoms with E-state index in [1.54, 1.807) is 47.5 Å². The summed E-state index contributed by atoms with van der Waals surface area (Å²) in [6.07, 6.45) is 5.72. The first-order chi connectivity index (χ1) is 17.4. The monoisotopic (exact) mass is 479 g/mol. The third-order valence-corrected chi connectivity index (χ3v) is 6.88. The molecule has 9 nitrogen and oxygen atoms in total. The van der Waals surface area contributed by atoms with Crippen LogP contribution in [0.4, 0.5) is 0 Å². The molecule has 4 aromatic heterocycles. The lowest BCUT2D eigenvalue weighted by molar-refractivity contribution is 0.0555. The molecule has 1 aromatic carbocycles. The lowest BCUT2D eigenvalue weighted by atomic mass is 10.0. The average molecular weight is 480 g/mol. The zero-order valence-corrected chi connectivity index (χ0v) is 20.5. The molecule has 0 N–H and O–H groups in total. The van der Waals surface area contributed by atoms with Gasteiger partial charge < -0.3 is 0 Å². The third-order valence-electron chi connectivity index (χ3n) is 6.88. The van der Waals surface area contributed by atoms with E-state index < -0.39 is 6.04 Å². The van der Waals surface area contributed by atoms with Crippen molar-refractivity contribution in [2.24, 2.45) is 5.92 Å². The number of imide groups is 1. The molecule has 1 aliphatic rings. The number of nitrogens with zero attached hydrogens (tertiary/aromatic N) is 7. The molecule has 5 aromatic rings. The molecule has 1 aliphatic heterocycles. The number of aromatic nitrogens is 6. The van der Waals surface area contributed by atoms with Gasteiger partial charge in [-0.15, -0.1) is 5.10 Å². The van der Waals surface area contributed by atoms with Crippen LogP contribution in [-0.4, -0.2) is 45.8 Å². The number of carbonyl (C=O) groups is 2. The molecule has 6 rings (SSSR count). The van der Waals surface area contributed by atoms with Gasteiger partial charge in [0.05, 0.1) is 28.4 Å². The highest BCUT2D eigenvalue weighted by Crippen LogP contribution is 2.35. The van der Waals surface area contributed by atoms with E-state index >= 15 is 0 Å². The lowest BCUT2D eigenvalue weighted by Gasteiger charge is -2.25. The second-order valence-electron chi connectivity index (χ2n) is 9.61. The van der Waals surface area contributed by atoms with Crippen molar-refractivity contribution in [2.45, 2.75) is 40.2 Å². The maximum absolute atomic E-state index is 13.3. The average Bonchev–Trinajstić information content (AvgIpc) is 3.50. The van der Waals surface area contributed by atoms with Gasteiger partial charge in [-0.3, -0.25) is 24.0 Å². The molecule has 9 heteroatoms. The molecule has 0 saturated heterocycles. The molecule has 180 valence electrons. The molecule has 1 atom stereocenters. The maximum atomic E-state index is 13.3. The zero-order chi connectivity index (χ0) is 25.1. The van der Waals surface area contributed by atoms with Crippen molar-refractivity contribution in [3.05, 3.63) is 83.3 Å². The molecule has 1 unspecified atom stereocenters. The van der Waals surface area contributed by atoms with Crippen LogP contribution in [0.1, 0.15) is 64.1 Å². The number of hydrogen-bond acceptors (Lipinski definition) is 6. The number of hydrogen-bond donors (Lipinski definition) is 0. The summed E-state index contributed by atoms with van der Waals surface area (Å²) >= 11 is 0. The van der Waals surface area contributed by atoms with Gasteiger partial charge in [-0.2, -0.15) is 0 Å². The molecule has 0 fully saturated rings. The van der Waals surface area contributed by atoms with Crippen LogP contribution in [0.15, 0.2) is 55.1 Å². The van der Waals surface area contributed by atoms with Crippen LogP contribution in [0.25, 0.3) is 22.4 Å². The Balaban J connectivity index is 1.53. The zero-order valence-electron chi connectivity index (χ0n) is 20.5. The number of rotatable bonds is 5. The normalized spacial score (nSPS) is 14.4. The van der Waals surface area contributed by atoms with E-state index in [-0.39, 0.29) is 17.7 Å². The minimum Gasteiger partial charge on any atom is -0.297 e. The van der Waals surface area contributed by atoms with Crippen LogP contribution in [0.5, 0.6) is 0 Å². The van der Waals surface area contributed by atoms with Gasteiger partial charge in [0.2, 0.25) is 0 Å². The second-order valence-corrected chi connectivity index (χ2v) is 9.61. The predicted molar refractivity (Wildman–Crippen MR) is 134 cm³/mol. The van der Waals surface area contributed by atoms with Gasteiger partial charge in [0.15, 0.2) is 17.1 Å². The number of carbonyl (C=O) groups excluding carboxylic acids is 2. The quantitative estimate of drug-likeness (QED) is 0.345. The Hall–Kier alpha value is -4.40. The highest BCUT2D eigenvalue weighted by atomic mass is 16.2. The topological polar surface area (TPSA) is 98.3 Å². The first-order valence-corrected chi connectivity index (χ1v) is 12.0. The first-order valence-electron chi connectivity index (χ1n) is 12.0. The fraction of sp³-hybridized carbons (Fsp3) is 0.259. The van der Waals surface area contributed by atoms with Gasteiger partial charge in [-0.05, 0) is 56.0 Å². The van der Waals surface area contributed by atoms with Crippen molar-refractivity contribution in [3.63, 3.8) is 0 Å². The van der Waals surface area contributed by atoms with E-state index in [1.807, 2.05) is 26.0 Å². The molecule has 0 aliphatic carbocycles. The van der Waals surface area contributed by atoms with Crippen LogP contribution in [0.2, 0.25) is 0 Å². The Morgan fingerprint density at radius 2 is 1.67 bits per heavy atom. The standard InChI is InChI=1S/C27H25N7O2/c1-15(2)12-21(34-26(35)19-9-5-6-10-20(19)27(34)36)23-30-25-22-16(3)17(4)33(18-8-7-11-28-13-18)24(22)29-14-32(25)31-23/h5-11,13-15,21H,12H2,1-4H3. The fourth-order valence-electron chi connectivity index (χ4n) is 5.08. The Bertz CT molecular complexity index is 1630. The van der Waals surface area contributed by atoms with Crippen LogP contribution in [0, 0.1) is 19.8 Å². The summed E-state index contributed by atoms with van der Waals surface area (Å²) in [5.74, 6) is 0.0228. The van der Waals surface area contributed by atoms with Crippen LogP contribution in [0.3, 0.4) is 0 Å². The molecule has 5 heterocycles. The van der Waals surface area contributed by atoms with Crippen LogP contribution < -0.4 is 0 Å². The summed E-state index contributed by atoms with van der Waals surface area (Å²) in [5, 5.41) is 5.60. The van der Waals surface area contributed by atoms with Gasteiger partial charge in [-0.25, -0.2) is 14.5 Å². The number of fused-ring (bicyclic) bond motifs is 4. The number of pyridine rings is 1. The SMILES string of the molecule is Cc1c(C)n(-c2cccnc2)c2ncn3nc(C(CC(C)C)N4C(=O)c5ccccc5C4=O)nc3c12. The third kappa shape index (κ3) is 3.16. The van der Waals surface area contributed by atoms with E-state index in [0.29, 0.717) is 29.0 Å². The minimum absolute atomic E-state index is 0.208. The highest BCUT2D eigenvalue weighted by molar-refractivity contribution is 6.21. The Morgan fingerprint density at radius 1 is 0.944 bits per heavy atom. The molecule has 0 radical (unpaired) electrons. The van der Waals surface area contributed by atoms with Crippen LogP contribution in [-0.2, 0) is 0 Å². The fourth-order valence-corrected chi connectivity index (χ4v) is 5.08. The molecule has 0 bridgehead atoms. The maximum Gasteiger partial charge on any atom is 0.262 e. The minimum atomic E-state index is -0.589. The van der Waals surface area contributed by atoms with Gasteiger partial charge >= 0.3 is 0 Å². The molecule has 0 saturated carbocycles. The number of aryl methyl sites for hydroxylation is 1. The van der Waals surface area contributed by atoms with Crippen molar-refractivity contribution in [1.82, 2.24) is 34.0 Å². The van der Waals surface area contributed by atoms with Crippen molar-refractivity contribution < 1.29 is 9.59 Å². The van der Waals surface area contributed by atoms with Crippen LogP contribution >= 0.6 is 0 Å². The number of amides is 2. The lowest BCUT2D eigenvalue weighted by Crippen LogP contribution is -2.35. The summed E-state index contributed by atoms with van der Waals surface area (Å²) < 4.78 is 3.70. The Kier molecular flexibility index (Phi) is 4.96. The highest BCUT2D eigenvalue weighted by Gasteiger charge is 2.42. The Morgan fingerprint density at radius 3 is 2.31 bits per heavy atom. The Labute approximate surface area is 207 Å². The first kappa shape index (κ1) is 22.1. The summed E-state index contributed by atoms with van der Waals surface area (Å²) in [5.41, 5.74) is 5.21. The predicted octanol–water partition coefficient (Wildman–Crippen LogP) is 4.46. The molecule has 2 amide bonds. The summed E-state index contributed by atoms with van der Waals surface area (Å²) in [6, 6.07) is 10.2. The van der Waals surface area contributed by atoms with Gasteiger partial charge in [0, 0.05) is 11.9 Å². The smallest absolute Gasteiger partial charge is 0.262 e. The van der Waals surface area contributed by atoms with E-state index in [1.165, 1.54) is 4.90 Å². The largest absolute Gasteiger partial charge is 0.297 e. The van der Waals surface area contributed by atoms with E-state index in [0.717, 1.165) is 28.0 Å². The number of benzene rings is 1. The molecular formula is C27H25N7O2. The van der Waals surface area contributed by atoms with E-state index in [4.69, 9.17) is 15.1 Å². The summed E-state index contributed by atoms with van der Waals surface area (Å²) in [4.78, 5) is 41.8. The van der Waals surface area contributed by atoms with Crippen molar-refractivity contribution in [1.29, 1.82) is 0 Å².